The third-order valence-electron chi connectivity index (χ3n) is 2.69. The van der Waals surface area contributed by atoms with E-state index in [1.807, 2.05) is 0 Å². The minimum Gasteiger partial charge on any atom is -0.388 e. The first-order valence-electron chi connectivity index (χ1n) is 5.27. The molecule has 2 N–H and O–H groups in total. The van der Waals surface area contributed by atoms with Gasteiger partial charge in [0.2, 0.25) is 0 Å². The molecule has 1 heterocycles. The van der Waals surface area contributed by atoms with Crippen molar-refractivity contribution >= 4 is 5.69 Å². The van der Waals surface area contributed by atoms with Crippen molar-refractivity contribution in [3.05, 3.63) is 29.6 Å². The zero-order valence-electron chi connectivity index (χ0n) is 9.17. The van der Waals surface area contributed by atoms with Crippen LogP contribution in [0.1, 0.15) is 5.56 Å². The lowest BCUT2D eigenvalue weighted by molar-refractivity contribution is -0.137. The van der Waals surface area contributed by atoms with Crippen LogP contribution in [0.5, 0.6) is 0 Å². The van der Waals surface area contributed by atoms with Crippen LogP contribution in [-0.4, -0.2) is 30.5 Å². The molecule has 0 amide bonds. The van der Waals surface area contributed by atoms with Gasteiger partial charge in [-0.1, -0.05) is 0 Å². The van der Waals surface area contributed by atoms with Gasteiger partial charge in [-0.3, -0.25) is 0 Å². The van der Waals surface area contributed by atoms with Crippen LogP contribution in [0.3, 0.4) is 0 Å². The molecule has 18 heavy (non-hydrogen) atoms. The van der Waals surface area contributed by atoms with E-state index in [9.17, 15) is 22.7 Å². The van der Waals surface area contributed by atoms with Crippen molar-refractivity contribution in [1.29, 1.82) is 0 Å². The molecule has 2 rings (SSSR count). The van der Waals surface area contributed by atoms with E-state index >= 15 is 0 Å². The smallest absolute Gasteiger partial charge is 0.388 e. The van der Waals surface area contributed by atoms with Crippen LogP contribution in [-0.2, 0) is 10.9 Å². The molecule has 0 saturated carbocycles. The molecule has 3 nitrogen and oxygen atoms in total. The highest BCUT2D eigenvalue weighted by atomic mass is 19.4. The van der Waals surface area contributed by atoms with Crippen molar-refractivity contribution in [1.82, 2.24) is 0 Å². The molecule has 7 heteroatoms. The number of aliphatic hydroxyl groups excluding tert-OH is 1. The van der Waals surface area contributed by atoms with Crippen molar-refractivity contribution < 1.29 is 27.4 Å². The topological polar surface area (TPSA) is 41.5 Å². The summed E-state index contributed by atoms with van der Waals surface area (Å²) in [6.45, 7) is 0.203. The van der Waals surface area contributed by atoms with Crippen molar-refractivity contribution in [3.63, 3.8) is 0 Å². The zero-order valence-corrected chi connectivity index (χ0v) is 9.17. The van der Waals surface area contributed by atoms with Crippen LogP contribution in [0.25, 0.3) is 0 Å². The number of anilines is 1. The van der Waals surface area contributed by atoms with Crippen molar-refractivity contribution in [3.8, 4) is 0 Å². The van der Waals surface area contributed by atoms with Gasteiger partial charge in [0, 0.05) is 0 Å². The van der Waals surface area contributed by atoms with E-state index in [2.05, 4.69) is 5.32 Å². The van der Waals surface area contributed by atoms with E-state index < -0.39 is 29.7 Å². The number of alkyl halides is 3. The Morgan fingerprint density at radius 3 is 2.56 bits per heavy atom. The first-order valence-corrected chi connectivity index (χ1v) is 5.27. The lowest BCUT2D eigenvalue weighted by Gasteiger charge is -2.17. The van der Waals surface area contributed by atoms with Gasteiger partial charge >= 0.3 is 6.18 Å². The molecule has 1 fully saturated rings. The molecule has 0 aromatic heterocycles. The van der Waals surface area contributed by atoms with Crippen LogP contribution < -0.4 is 5.32 Å². The molecule has 0 spiro atoms. The van der Waals surface area contributed by atoms with E-state index in [0.29, 0.717) is 12.1 Å². The average molecular weight is 265 g/mol. The fourth-order valence-corrected chi connectivity index (χ4v) is 1.69. The molecule has 0 radical (unpaired) electrons. The summed E-state index contributed by atoms with van der Waals surface area (Å²) >= 11 is 0. The minimum atomic E-state index is -4.53. The van der Waals surface area contributed by atoms with Crippen molar-refractivity contribution in [2.45, 2.75) is 18.3 Å². The maximum atomic E-state index is 13.4. The lowest BCUT2D eigenvalue weighted by atomic mass is 10.1. The Labute approximate surface area is 100 Å². The molecule has 100 valence electrons. The quantitative estimate of drug-likeness (QED) is 0.804. The van der Waals surface area contributed by atoms with Gasteiger partial charge < -0.3 is 15.2 Å². The number of halogens is 4. The monoisotopic (exact) mass is 265 g/mol. The molecule has 1 aliphatic rings. The molecule has 1 aliphatic heterocycles. The molecule has 2 atom stereocenters. The van der Waals surface area contributed by atoms with Crippen LogP contribution in [0.4, 0.5) is 23.2 Å². The molecular weight excluding hydrogens is 254 g/mol. The van der Waals surface area contributed by atoms with Crippen LogP contribution >= 0.6 is 0 Å². The molecule has 2 unspecified atom stereocenters. The Hall–Kier alpha value is -1.34. The van der Waals surface area contributed by atoms with Gasteiger partial charge in [0.15, 0.2) is 0 Å². The summed E-state index contributed by atoms with van der Waals surface area (Å²) < 4.78 is 55.7. The highest BCUT2D eigenvalue weighted by molar-refractivity contribution is 5.49. The first-order chi connectivity index (χ1) is 8.38. The molecule has 0 bridgehead atoms. The summed E-state index contributed by atoms with van der Waals surface area (Å²) in [5.74, 6) is -0.804. The van der Waals surface area contributed by atoms with Crippen LogP contribution in [0.15, 0.2) is 18.2 Å². The second-order valence-electron chi connectivity index (χ2n) is 4.05. The Morgan fingerprint density at radius 2 is 2.00 bits per heavy atom. The van der Waals surface area contributed by atoms with Gasteiger partial charge in [-0.15, -0.1) is 0 Å². The predicted molar refractivity (Wildman–Crippen MR) is 55.6 cm³/mol. The van der Waals surface area contributed by atoms with Crippen molar-refractivity contribution in [2.24, 2.45) is 0 Å². The Bertz CT molecular complexity index is 436. The zero-order chi connectivity index (χ0) is 13.3. The Kier molecular flexibility index (Phi) is 3.45. The summed E-state index contributed by atoms with van der Waals surface area (Å²) in [5, 5.41) is 12.0. The number of ether oxygens (including phenoxy) is 1. The van der Waals surface area contributed by atoms with Gasteiger partial charge in [0.05, 0.1) is 36.6 Å². The minimum absolute atomic E-state index is 0.0816. The van der Waals surface area contributed by atoms with Gasteiger partial charge in [-0.05, 0) is 18.2 Å². The molecule has 1 aromatic rings. The highest BCUT2D eigenvalue weighted by Crippen LogP contribution is 2.32. The summed E-state index contributed by atoms with van der Waals surface area (Å²) in [6.07, 6.45) is -5.39. The maximum absolute atomic E-state index is 13.4. The maximum Gasteiger partial charge on any atom is 0.416 e. The van der Waals surface area contributed by atoms with Gasteiger partial charge in [0.25, 0.3) is 0 Å². The fourth-order valence-electron chi connectivity index (χ4n) is 1.69. The Balaban J connectivity index is 2.21. The van der Waals surface area contributed by atoms with Gasteiger partial charge in [-0.25, -0.2) is 4.39 Å². The fraction of sp³-hybridized carbons (Fsp3) is 0.455. The van der Waals surface area contributed by atoms with Gasteiger partial charge in [0.1, 0.15) is 5.82 Å². The van der Waals surface area contributed by atoms with Gasteiger partial charge in [-0.2, -0.15) is 13.2 Å². The number of hydrogen-bond donors (Lipinski definition) is 2. The largest absolute Gasteiger partial charge is 0.416 e. The number of rotatable bonds is 2. The van der Waals surface area contributed by atoms with Crippen molar-refractivity contribution in [2.75, 3.05) is 18.5 Å². The van der Waals surface area contributed by atoms with E-state index in [1.165, 1.54) is 0 Å². The molecule has 1 aromatic carbocycles. The predicted octanol–water partition coefficient (Wildman–Crippen LogP) is 2.02. The van der Waals surface area contributed by atoms with E-state index in [1.54, 1.807) is 0 Å². The number of benzene rings is 1. The summed E-state index contributed by atoms with van der Waals surface area (Å²) in [6, 6.07) is 1.48. The number of aliphatic hydroxyl groups is 1. The molecule has 0 aliphatic carbocycles. The second-order valence-corrected chi connectivity index (χ2v) is 4.05. The third kappa shape index (κ3) is 2.73. The van der Waals surface area contributed by atoms with E-state index in [4.69, 9.17) is 4.74 Å². The summed E-state index contributed by atoms with van der Waals surface area (Å²) in [7, 11) is 0. The van der Waals surface area contributed by atoms with E-state index in [-0.39, 0.29) is 18.9 Å². The number of hydrogen-bond acceptors (Lipinski definition) is 3. The third-order valence-corrected chi connectivity index (χ3v) is 2.69. The first kappa shape index (κ1) is 13.1. The highest BCUT2D eigenvalue weighted by Gasteiger charge is 2.32. The molecule has 1 saturated heterocycles. The normalized spacial score (nSPS) is 24.3. The number of nitrogens with one attached hydrogen (secondary N) is 1. The molecular formula is C11H11F4NO2. The summed E-state index contributed by atoms with van der Waals surface area (Å²) in [5.41, 5.74) is -1.24. The van der Waals surface area contributed by atoms with Crippen LogP contribution in [0, 0.1) is 5.82 Å². The Morgan fingerprint density at radius 1 is 1.28 bits per heavy atom. The lowest BCUT2D eigenvalue weighted by Crippen LogP contribution is -2.32. The van der Waals surface area contributed by atoms with Crippen LogP contribution in [0.2, 0.25) is 0 Å². The average Bonchev–Trinajstić information content (AvgIpc) is 2.66. The summed E-state index contributed by atoms with van der Waals surface area (Å²) in [4.78, 5) is 0. The standard InChI is InChI=1S/C11H11F4NO2/c12-7-2-1-6(11(13,14)15)3-8(7)16-9-4-18-5-10(9)17/h1-3,9-10,16-17H,4-5H2. The van der Waals surface area contributed by atoms with E-state index in [0.717, 1.165) is 6.07 Å². The second kappa shape index (κ2) is 4.74. The SMILES string of the molecule is OC1COCC1Nc1cc(C(F)(F)F)ccc1F.